The zero-order valence-corrected chi connectivity index (χ0v) is 17.2. The highest BCUT2D eigenvalue weighted by Gasteiger charge is 2.43. The molecule has 2 rings (SSSR count). The molecule has 4 N–H and O–H groups in total. The van der Waals surface area contributed by atoms with Gasteiger partial charge in [0.15, 0.2) is 6.29 Å². The zero-order chi connectivity index (χ0) is 19.3. The molecule has 0 bridgehead atoms. The van der Waals surface area contributed by atoms with Crippen LogP contribution in [0.4, 0.5) is 0 Å². The molecule has 6 nitrogen and oxygen atoms in total. The predicted molar refractivity (Wildman–Crippen MR) is 104 cm³/mol. The minimum absolute atomic E-state index is 0.273. The average molecular weight is 370 g/mol. The lowest BCUT2D eigenvalue weighted by atomic mass is 9.62. The Morgan fingerprint density at radius 3 is 2.62 bits per heavy atom. The third kappa shape index (κ3) is 5.59. The van der Waals surface area contributed by atoms with Gasteiger partial charge in [-0.15, -0.1) is 0 Å². The van der Waals surface area contributed by atoms with Crippen LogP contribution in [-0.4, -0.2) is 44.8 Å². The fourth-order valence-corrected chi connectivity index (χ4v) is 4.92. The minimum Gasteiger partial charge on any atom is -0.399 e. The molecule has 1 heterocycles. The molecule has 2 fully saturated rings. The Balaban J connectivity index is 2.03. The van der Waals surface area contributed by atoms with E-state index < -0.39 is 0 Å². The summed E-state index contributed by atoms with van der Waals surface area (Å²) in [4.78, 5) is 0. The van der Waals surface area contributed by atoms with Gasteiger partial charge in [0, 0.05) is 26.3 Å². The SMILES string of the molecule is CO[C@@H](OC/C(N)=C/N(C)N)C(C)C1CC[C@@H](C)[C@@H]2CCC(C)OCC12. The number of nitrogens with two attached hydrogens (primary N) is 2. The van der Waals surface area contributed by atoms with Crippen LogP contribution in [0.1, 0.15) is 46.5 Å². The number of rotatable bonds is 7. The van der Waals surface area contributed by atoms with Gasteiger partial charge in [-0.3, -0.25) is 0 Å². The van der Waals surface area contributed by atoms with Crippen molar-refractivity contribution < 1.29 is 14.2 Å². The van der Waals surface area contributed by atoms with Crippen LogP contribution in [0.15, 0.2) is 11.9 Å². The smallest absolute Gasteiger partial charge is 0.160 e. The third-order valence-electron chi connectivity index (χ3n) is 6.39. The number of methoxy groups -OCH3 is 1. The van der Waals surface area contributed by atoms with Crippen molar-refractivity contribution in [1.29, 1.82) is 0 Å². The Morgan fingerprint density at radius 2 is 1.96 bits per heavy atom. The fraction of sp³-hybridized carbons (Fsp3) is 0.900. The average Bonchev–Trinajstić information content (AvgIpc) is 2.78. The van der Waals surface area contributed by atoms with Crippen LogP contribution in [0.3, 0.4) is 0 Å². The van der Waals surface area contributed by atoms with Gasteiger partial charge in [-0.25, -0.2) is 5.84 Å². The van der Waals surface area contributed by atoms with Gasteiger partial charge in [0.25, 0.3) is 0 Å². The molecule has 0 spiro atoms. The van der Waals surface area contributed by atoms with Crippen molar-refractivity contribution in [2.45, 2.75) is 58.8 Å². The monoisotopic (exact) mass is 369 g/mol. The van der Waals surface area contributed by atoms with Crippen LogP contribution >= 0.6 is 0 Å². The first-order chi connectivity index (χ1) is 12.3. The van der Waals surface area contributed by atoms with Crippen molar-refractivity contribution in [3.05, 3.63) is 11.9 Å². The lowest BCUT2D eigenvalue weighted by molar-refractivity contribution is -0.171. The quantitative estimate of drug-likeness (QED) is 0.408. The second-order valence-electron chi connectivity index (χ2n) is 8.41. The van der Waals surface area contributed by atoms with Crippen LogP contribution in [-0.2, 0) is 14.2 Å². The highest BCUT2D eigenvalue weighted by molar-refractivity contribution is 4.95. The van der Waals surface area contributed by atoms with E-state index in [1.165, 1.54) is 30.7 Å². The summed E-state index contributed by atoms with van der Waals surface area (Å²) >= 11 is 0. The molecule has 7 atom stereocenters. The van der Waals surface area contributed by atoms with Crippen LogP contribution in [0.2, 0.25) is 0 Å². The van der Waals surface area contributed by atoms with Gasteiger partial charge < -0.3 is 25.0 Å². The van der Waals surface area contributed by atoms with E-state index in [1.807, 2.05) is 0 Å². The van der Waals surface area contributed by atoms with Gasteiger partial charge in [0.2, 0.25) is 0 Å². The van der Waals surface area contributed by atoms with Crippen LogP contribution in [0, 0.1) is 29.6 Å². The van der Waals surface area contributed by atoms with Gasteiger partial charge in [0.1, 0.15) is 0 Å². The molecule has 1 saturated carbocycles. The van der Waals surface area contributed by atoms with E-state index in [0.717, 1.165) is 18.4 Å². The molecule has 1 saturated heterocycles. The molecule has 0 aromatic carbocycles. The maximum absolute atomic E-state index is 6.13. The number of fused-ring (bicyclic) bond motifs is 1. The van der Waals surface area contributed by atoms with Crippen molar-refractivity contribution in [1.82, 2.24) is 5.01 Å². The Labute approximate surface area is 159 Å². The van der Waals surface area contributed by atoms with Crippen molar-refractivity contribution >= 4 is 0 Å². The van der Waals surface area contributed by atoms with E-state index in [2.05, 4.69) is 20.8 Å². The number of hydrazine groups is 1. The van der Waals surface area contributed by atoms with Crippen LogP contribution < -0.4 is 11.6 Å². The van der Waals surface area contributed by atoms with Gasteiger partial charge in [-0.05, 0) is 49.9 Å². The highest BCUT2D eigenvalue weighted by Crippen LogP contribution is 2.47. The van der Waals surface area contributed by atoms with Gasteiger partial charge >= 0.3 is 0 Å². The van der Waals surface area contributed by atoms with E-state index in [1.54, 1.807) is 20.4 Å². The zero-order valence-electron chi connectivity index (χ0n) is 17.2. The summed E-state index contributed by atoms with van der Waals surface area (Å²) < 4.78 is 17.8. The first kappa shape index (κ1) is 21.5. The second-order valence-corrected chi connectivity index (χ2v) is 8.41. The summed E-state index contributed by atoms with van der Waals surface area (Å²) in [5.74, 6) is 8.55. The predicted octanol–water partition coefficient (Wildman–Crippen LogP) is 2.69. The lowest BCUT2D eigenvalue weighted by Crippen LogP contribution is -2.42. The molecular formula is C20H39N3O3. The molecule has 2 aliphatic rings. The van der Waals surface area contributed by atoms with Crippen molar-refractivity contribution in [2.75, 3.05) is 27.4 Å². The van der Waals surface area contributed by atoms with Crippen molar-refractivity contribution in [2.24, 2.45) is 41.2 Å². The second kappa shape index (κ2) is 9.93. The molecule has 26 heavy (non-hydrogen) atoms. The first-order valence-electron chi connectivity index (χ1n) is 10.0. The van der Waals surface area contributed by atoms with Gasteiger partial charge in [-0.1, -0.05) is 20.3 Å². The molecule has 0 aromatic rings. The van der Waals surface area contributed by atoms with Gasteiger partial charge in [-0.2, -0.15) is 0 Å². The molecule has 0 aromatic heterocycles. The molecular weight excluding hydrogens is 330 g/mol. The Kier molecular flexibility index (Phi) is 8.20. The van der Waals surface area contributed by atoms with Crippen LogP contribution in [0.5, 0.6) is 0 Å². The maximum Gasteiger partial charge on any atom is 0.160 e. The van der Waals surface area contributed by atoms with E-state index in [-0.39, 0.29) is 6.29 Å². The normalized spacial score (nSPS) is 35.3. The standard InChI is InChI=1S/C20H39N3O3/c1-13-6-8-18(19-12-25-14(2)7-9-17(13)19)15(3)20(24-5)26-11-16(21)10-23(4)22/h10,13-15,17-20H,6-9,11-12,21-22H2,1-5H3/b16-10-/t13-,14?,15?,17+,18?,19?,20+/m1/s1. The van der Waals surface area contributed by atoms with E-state index in [9.17, 15) is 0 Å². The van der Waals surface area contributed by atoms with Crippen LogP contribution in [0.25, 0.3) is 0 Å². The van der Waals surface area contributed by atoms with E-state index >= 15 is 0 Å². The molecule has 1 aliphatic carbocycles. The topological polar surface area (TPSA) is 83.0 Å². The Hall–Kier alpha value is -0.820. The Bertz CT molecular complexity index is 458. The molecule has 152 valence electrons. The maximum atomic E-state index is 6.13. The summed E-state index contributed by atoms with van der Waals surface area (Å²) in [7, 11) is 3.45. The number of ether oxygens (including phenoxy) is 3. The fourth-order valence-electron chi connectivity index (χ4n) is 4.92. The number of hydrogen-bond donors (Lipinski definition) is 2. The molecule has 6 heteroatoms. The molecule has 1 aliphatic heterocycles. The minimum atomic E-state index is -0.273. The van der Waals surface area contributed by atoms with Gasteiger partial charge in [0.05, 0.1) is 25.0 Å². The first-order valence-corrected chi connectivity index (χ1v) is 10.0. The highest BCUT2D eigenvalue weighted by atomic mass is 16.7. The molecule has 0 radical (unpaired) electrons. The Morgan fingerprint density at radius 1 is 1.23 bits per heavy atom. The van der Waals surface area contributed by atoms with E-state index in [0.29, 0.717) is 36.2 Å². The third-order valence-corrected chi connectivity index (χ3v) is 6.39. The lowest BCUT2D eigenvalue weighted by Gasteiger charge is -2.44. The summed E-state index contributed by atoms with van der Waals surface area (Å²) in [5.41, 5.74) is 6.54. The summed E-state index contributed by atoms with van der Waals surface area (Å²) in [6.07, 6.45) is 6.69. The number of nitrogens with zero attached hydrogens (tertiary/aromatic N) is 1. The van der Waals surface area contributed by atoms with E-state index in [4.69, 9.17) is 25.8 Å². The summed E-state index contributed by atoms with van der Waals surface area (Å²) in [6.45, 7) is 8.03. The number of hydrogen-bond acceptors (Lipinski definition) is 6. The summed E-state index contributed by atoms with van der Waals surface area (Å²) in [6, 6.07) is 0. The summed E-state index contributed by atoms with van der Waals surface area (Å²) in [5, 5.41) is 1.43. The van der Waals surface area contributed by atoms with Crippen molar-refractivity contribution in [3.8, 4) is 0 Å². The molecule has 0 amide bonds. The van der Waals surface area contributed by atoms with Crippen molar-refractivity contribution in [3.63, 3.8) is 0 Å². The molecule has 4 unspecified atom stereocenters. The largest absolute Gasteiger partial charge is 0.399 e.